The average molecular weight is 419 g/mol. The predicted octanol–water partition coefficient (Wildman–Crippen LogP) is 2.74. The number of anilines is 2. The van der Waals surface area contributed by atoms with Crippen LogP contribution in [0.4, 0.5) is 11.8 Å². The molecule has 8 nitrogen and oxygen atoms in total. The molecule has 0 radical (unpaired) electrons. The lowest BCUT2D eigenvalue weighted by molar-refractivity contribution is 0.0684. The van der Waals surface area contributed by atoms with Crippen LogP contribution >= 0.6 is 0 Å². The quantitative estimate of drug-likeness (QED) is 0.636. The van der Waals surface area contributed by atoms with Crippen molar-refractivity contribution in [1.29, 1.82) is 0 Å². The number of hydrogen-bond acceptors (Lipinski definition) is 7. The van der Waals surface area contributed by atoms with Crippen molar-refractivity contribution in [2.75, 3.05) is 37.0 Å². The van der Waals surface area contributed by atoms with Crippen molar-refractivity contribution >= 4 is 28.6 Å². The summed E-state index contributed by atoms with van der Waals surface area (Å²) in [6.07, 6.45) is 3.95. The number of carbonyl (C=O) groups excluding carboxylic acids is 1. The molecule has 2 aromatic heterocycles. The minimum Gasteiger partial charge on any atom is -0.381 e. The average Bonchev–Trinajstić information content (AvgIpc) is 3.19. The zero-order chi connectivity index (χ0) is 21.2. The molecular formula is C23H26N6O2. The molecule has 2 aliphatic rings. The van der Waals surface area contributed by atoms with Crippen LogP contribution in [0.25, 0.3) is 10.9 Å². The Hall–Kier alpha value is -3.26. The molecule has 3 aromatic rings. The number of amides is 1. The molecule has 0 aliphatic carbocycles. The molecule has 160 valence electrons. The molecule has 2 N–H and O–H groups in total. The number of ether oxygens (including phenoxy) is 1. The van der Waals surface area contributed by atoms with Crippen LogP contribution in [-0.4, -0.2) is 47.7 Å². The van der Waals surface area contributed by atoms with Gasteiger partial charge in [-0.15, -0.1) is 0 Å². The minimum absolute atomic E-state index is 0.145. The summed E-state index contributed by atoms with van der Waals surface area (Å²) in [5.74, 6) is 1.67. The Morgan fingerprint density at radius 1 is 1.23 bits per heavy atom. The first-order valence-electron chi connectivity index (χ1n) is 10.7. The number of hydrogen-bond donors (Lipinski definition) is 2. The van der Waals surface area contributed by atoms with Crippen molar-refractivity contribution in [2.45, 2.75) is 25.9 Å². The lowest BCUT2D eigenvalue weighted by Crippen LogP contribution is -2.31. The van der Waals surface area contributed by atoms with Gasteiger partial charge in [-0.05, 0) is 36.5 Å². The van der Waals surface area contributed by atoms with E-state index in [0.29, 0.717) is 36.5 Å². The fraction of sp³-hybridized carbons (Fsp3) is 0.391. The van der Waals surface area contributed by atoms with Gasteiger partial charge in [0.05, 0.1) is 5.52 Å². The molecule has 4 heterocycles. The molecule has 1 fully saturated rings. The number of para-hydroxylation sites is 1. The highest BCUT2D eigenvalue weighted by molar-refractivity contribution is 5.98. The first-order chi connectivity index (χ1) is 15.2. The van der Waals surface area contributed by atoms with Gasteiger partial charge in [-0.2, -0.15) is 4.98 Å². The van der Waals surface area contributed by atoms with Crippen LogP contribution in [0, 0.1) is 5.92 Å². The van der Waals surface area contributed by atoms with Gasteiger partial charge in [0.25, 0.3) is 5.91 Å². The molecule has 1 aromatic carbocycles. The fourth-order valence-electron chi connectivity index (χ4n) is 4.19. The summed E-state index contributed by atoms with van der Waals surface area (Å²) < 4.78 is 5.46. The first kappa shape index (κ1) is 19.7. The number of pyridine rings is 1. The van der Waals surface area contributed by atoms with Gasteiger partial charge in [0, 0.05) is 57.0 Å². The van der Waals surface area contributed by atoms with E-state index in [0.717, 1.165) is 54.6 Å². The number of fused-ring (bicyclic) bond motifs is 2. The van der Waals surface area contributed by atoms with E-state index < -0.39 is 0 Å². The number of benzene rings is 1. The van der Waals surface area contributed by atoms with E-state index in [1.807, 2.05) is 36.3 Å². The van der Waals surface area contributed by atoms with Crippen molar-refractivity contribution < 1.29 is 9.53 Å². The monoisotopic (exact) mass is 418 g/mol. The van der Waals surface area contributed by atoms with Gasteiger partial charge < -0.3 is 20.3 Å². The molecule has 5 rings (SSSR count). The normalized spacial score (nSPS) is 16.2. The Morgan fingerprint density at radius 2 is 2.06 bits per heavy atom. The summed E-state index contributed by atoms with van der Waals surface area (Å²) in [6, 6.07) is 10.2. The van der Waals surface area contributed by atoms with Crippen molar-refractivity contribution in [3.8, 4) is 0 Å². The number of nitrogens with one attached hydrogen (secondary N) is 2. The lowest BCUT2D eigenvalue weighted by Gasteiger charge is -2.27. The minimum atomic E-state index is -0.145. The van der Waals surface area contributed by atoms with Gasteiger partial charge in [-0.1, -0.05) is 18.2 Å². The van der Waals surface area contributed by atoms with Crippen LogP contribution in [0.15, 0.2) is 36.5 Å². The molecule has 1 saturated heterocycles. The standard InChI is InChI=1S/C23H26N6O2/c1-29(14-15-6-8-31-9-7-15)23-27-20-18(13-26-22(20)30)21(28-23)25-12-16-10-17-4-2-3-5-19(17)24-11-16/h2-5,10-11,15H,6-9,12-14H2,1H3,(H,26,30)(H,25,27,28). The van der Waals surface area contributed by atoms with Crippen LogP contribution in [0.2, 0.25) is 0 Å². The van der Waals surface area contributed by atoms with E-state index in [4.69, 9.17) is 9.72 Å². The summed E-state index contributed by atoms with van der Waals surface area (Å²) in [6.45, 7) is 3.46. The number of aromatic nitrogens is 3. The third-order valence-electron chi connectivity index (χ3n) is 5.96. The van der Waals surface area contributed by atoms with Crippen molar-refractivity contribution in [3.63, 3.8) is 0 Å². The highest BCUT2D eigenvalue weighted by Gasteiger charge is 2.27. The maximum atomic E-state index is 12.3. The molecule has 0 bridgehead atoms. The van der Waals surface area contributed by atoms with Crippen LogP contribution < -0.4 is 15.5 Å². The number of nitrogens with zero attached hydrogens (tertiary/aromatic N) is 4. The summed E-state index contributed by atoms with van der Waals surface area (Å²) in [4.78, 5) is 28.3. The lowest BCUT2D eigenvalue weighted by atomic mass is 10.00. The summed E-state index contributed by atoms with van der Waals surface area (Å²) in [5, 5.41) is 7.38. The topological polar surface area (TPSA) is 92.3 Å². The molecule has 1 amide bonds. The van der Waals surface area contributed by atoms with Crippen LogP contribution in [0.3, 0.4) is 0 Å². The Labute approximate surface area is 181 Å². The van der Waals surface area contributed by atoms with E-state index in [-0.39, 0.29) is 5.91 Å². The molecule has 0 saturated carbocycles. The second-order valence-corrected chi connectivity index (χ2v) is 8.21. The van der Waals surface area contributed by atoms with E-state index in [2.05, 4.69) is 32.7 Å². The SMILES string of the molecule is CN(CC1CCOCC1)c1nc(NCc2cnc3ccccc3c2)c2c(n1)C(=O)NC2. The number of carbonyl (C=O) groups is 1. The third kappa shape index (κ3) is 4.16. The van der Waals surface area contributed by atoms with Crippen LogP contribution in [0.5, 0.6) is 0 Å². The van der Waals surface area contributed by atoms with E-state index in [1.165, 1.54) is 0 Å². The zero-order valence-corrected chi connectivity index (χ0v) is 17.6. The number of rotatable bonds is 6. The molecule has 8 heteroatoms. The van der Waals surface area contributed by atoms with Crippen LogP contribution in [-0.2, 0) is 17.8 Å². The Morgan fingerprint density at radius 3 is 2.94 bits per heavy atom. The summed E-state index contributed by atoms with van der Waals surface area (Å²) >= 11 is 0. The predicted molar refractivity (Wildman–Crippen MR) is 119 cm³/mol. The van der Waals surface area contributed by atoms with Crippen LogP contribution in [0.1, 0.15) is 34.5 Å². The maximum absolute atomic E-state index is 12.3. The molecule has 2 aliphatic heterocycles. The molecule has 0 spiro atoms. The Bertz CT molecular complexity index is 1110. The van der Waals surface area contributed by atoms with Crippen molar-refractivity contribution in [3.05, 3.63) is 53.3 Å². The van der Waals surface area contributed by atoms with Gasteiger partial charge in [-0.3, -0.25) is 9.78 Å². The van der Waals surface area contributed by atoms with E-state index >= 15 is 0 Å². The fourth-order valence-corrected chi connectivity index (χ4v) is 4.19. The van der Waals surface area contributed by atoms with Gasteiger partial charge in [0.15, 0.2) is 0 Å². The summed E-state index contributed by atoms with van der Waals surface area (Å²) in [5.41, 5.74) is 3.31. The Balaban J connectivity index is 1.37. The Kier molecular flexibility index (Phi) is 5.38. The van der Waals surface area contributed by atoms with Crippen molar-refractivity contribution in [1.82, 2.24) is 20.3 Å². The summed E-state index contributed by atoms with van der Waals surface area (Å²) in [7, 11) is 1.99. The maximum Gasteiger partial charge on any atom is 0.270 e. The highest BCUT2D eigenvalue weighted by atomic mass is 16.5. The van der Waals surface area contributed by atoms with Crippen molar-refractivity contribution in [2.24, 2.45) is 5.92 Å². The largest absolute Gasteiger partial charge is 0.381 e. The van der Waals surface area contributed by atoms with Gasteiger partial charge in [0.2, 0.25) is 5.95 Å². The first-order valence-corrected chi connectivity index (χ1v) is 10.7. The van der Waals surface area contributed by atoms with Gasteiger partial charge >= 0.3 is 0 Å². The molecule has 0 atom stereocenters. The molecule has 0 unspecified atom stereocenters. The third-order valence-corrected chi connectivity index (χ3v) is 5.96. The van der Waals surface area contributed by atoms with Gasteiger partial charge in [0.1, 0.15) is 11.5 Å². The van der Waals surface area contributed by atoms with E-state index in [1.54, 1.807) is 0 Å². The van der Waals surface area contributed by atoms with E-state index in [9.17, 15) is 4.79 Å². The molecule has 31 heavy (non-hydrogen) atoms. The smallest absolute Gasteiger partial charge is 0.270 e. The second-order valence-electron chi connectivity index (χ2n) is 8.21. The van der Waals surface area contributed by atoms with Gasteiger partial charge in [-0.25, -0.2) is 4.98 Å². The molecular weight excluding hydrogens is 392 g/mol. The highest BCUT2D eigenvalue weighted by Crippen LogP contribution is 2.26. The zero-order valence-electron chi connectivity index (χ0n) is 17.6. The second kappa shape index (κ2) is 8.47.